The van der Waals surface area contributed by atoms with Crippen molar-refractivity contribution in [2.45, 2.75) is 18.6 Å². The fourth-order valence-corrected chi connectivity index (χ4v) is 3.46. The molecule has 6 heteroatoms. The molecule has 0 aromatic heterocycles. The van der Waals surface area contributed by atoms with Crippen LogP contribution in [0.1, 0.15) is 17.3 Å². The number of benzene rings is 1. The van der Waals surface area contributed by atoms with Gasteiger partial charge in [0.25, 0.3) is 5.91 Å². The molecule has 3 amide bonds. The van der Waals surface area contributed by atoms with Crippen molar-refractivity contribution in [3.05, 3.63) is 78.8 Å². The fourth-order valence-electron chi connectivity index (χ4n) is 3.46. The first-order chi connectivity index (χ1) is 13.4. The number of allylic oxidation sites excluding steroid dienone is 2. The summed E-state index contributed by atoms with van der Waals surface area (Å²) >= 11 is 0. The summed E-state index contributed by atoms with van der Waals surface area (Å²) in [5.74, 6) is -0.0812. The quantitative estimate of drug-likeness (QED) is 0.415. The molecule has 1 radical (unpaired) electrons. The molecular weight excluding hydrogens is 356 g/mol. The molecule has 1 fully saturated rings. The van der Waals surface area contributed by atoms with Gasteiger partial charge in [-0.15, -0.1) is 6.58 Å². The van der Waals surface area contributed by atoms with Crippen molar-refractivity contribution in [2.24, 2.45) is 0 Å². The van der Waals surface area contributed by atoms with E-state index in [-0.39, 0.29) is 12.3 Å². The van der Waals surface area contributed by atoms with Gasteiger partial charge in [0.1, 0.15) is 5.54 Å². The molecule has 0 spiro atoms. The second kappa shape index (κ2) is 7.94. The van der Waals surface area contributed by atoms with Gasteiger partial charge in [0.15, 0.2) is 5.78 Å². The van der Waals surface area contributed by atoms with Crippen molar-refractivity contribution in [1.29, 1.82) is 0 Å². The number of urea groups is 1. The first-order valence-electron chi connectivity index (χ1n) is 9.04. The third-order valence-corrected chi connectivity index (χ3v) is 5.18. The maximum absolute atomic E-state index is 13.3. The Morgan fingerprint density at radius 2 is 1.96 bits per heavy atom. The van der Waals surface area contributed by atoms with Gasteiger partial charge in [0, 0.05) is 12.6 Å². The van der Waals surface area contributed by atoms with Crippen molar-refractivity contribution < 1.29 is 19.1 Å². The minimum absolute atomic E-state index is 0.288. The van der Waals surface area contributed by atoms with Crippen LogP contribution in [-0.4, -0.2) is 59.4 Å². The predicted molar refractivity (Wildman–Crippen MR) is 106 cm³/mol. The van der Waals surface area contributed by atoms with Crippen LogP contribution in [0.3, 0.4) is 0 Å². The number of rotatable bonds is 7. The molecular formula is C22H23N2O4. The van der Waals surface area contributed by atoms with E-state index in [1.54, 1.807) is 62.5 Å². The average molecular weight is 379 g/mol. The lowest BCUT2D eigenvalue weighted by atomic mass is 9.78. The number of carbonyl (C=O) groups is 3. The summed E-state index contributed by atoms with van der Waals surface area (Å²) in [6.45, 7) is 5.34. The summed E-state index contributed by atoms with van der Waals surface area (Å²) in [6, 6.07) is 8.12. The monoisotopic (exact) mass is 379 g/mol. The molecule has 0 bridgehead atoms. The molecule has 2 unspecified atom stereocenters. The average Bonchev–Trinajstić information content (AvgIpc) is 2.89. The van der Waals surface area contributed by atoms with Crippen LogP contribution >= 0.6 is 0 Å². The largest absolute Gasteiger partial charge is 0.369 e. The topological polar surface area (TPSA) is 66.9 Å². The molecule has 28 heavy (non-hydrogen) atoms. The molecule has 2 aliphatic rings. The highest BCUT2D eigenvalue weighted by atomic mass is 16.5. The summed E-state index contributed by atoms with van der Waals surface area (Å²) in [5, 5.41) is 0. The molecule has 0 saturated carbocycles. The lowest BCUT2D eigenvalue weighted by Crippen LogP contribution is -2.53. The zero-order chi connectivity index (χ0) is 20.3. The Kier molecular flexibility index (Phi) is 5.61. The van der Waals surface area contributed by atoms with E-state index in [4.69, 9.17) is 4.74 Å². The first kappa shape index (κ1) is 19.8. The molecule has 3 rings (SSSR count). The Morgan fingerprint density at radius 1 is 1.25 bits per heavy atom. The van der Waals surface area contributed by atoms with Crippen LogP contribution in [0, 0.1) is 5.92 Å². The normalized spacial score (nSPS) is 24.9. The molecule has 2 atom stereocenters. The third-order valence-electron chi connectivity index (χ3n) is 5.18. The van der Waals surface area contributed by atoms with Crippen LogP contribution in [0.25, 0.3) is 0 Å². The Balaban J connectivity index is 1.86. The standard InChI is InChI=1S/C22H23N2O4/c1-4-14-28-19-13-9-8-12-17(19)22(2)20(26)24(21(27)23(22)3)15-18(25)16-10-6-5-7-11-16/h4-13,19H,1,14-15H2,2-3H3. The maximum atomic E-state index is 13.3. The van der Waals surface area contributed by atoms with Gasteiger partial charge in [-0.05, 0) is 6.92 Å². The second-order valence-corrected chi connectivity index (χ2v) is 6.84. The Labute approximate surface area is 164 Å². The number of ketones is 1. The Hall–Kier alpha value is -2.99. The van der Waals surface area contributed by atoms with Crippen LogP contribution in [0.15, 0.2) is 67.3 Å². The molecule has 0 N–H and O–H groups in total. The number of Topliss-reactive ketones (excluding diaryl/α,β-unsaturated/α-hetero) is 1. The lowest BCUT2D eigenvalue weighted by molar-refractivity contribution is -0.131. The summed E-state index contributed by atoms with van der Waals surface area (Å²) in [7, 11) is 1.57. The number of amides is 3. The molecule has 1 aromatic carbocycles. The van der Waals surface area contributed by atoms with E-state index in [1.807, 2.05) is 12.2 Å². The number of nitrogens with zero attached hydrogens (tertiary/aromatic N) is 2. The summed E-state index contributed by atoms with van der Waals surface area (Å²) < 4.78 is 5.77. The molecule has 145 valence electrons. The zero-order valence-corrected chi connectivity index (χ0v) is 16.0. The van der Waals surface area contributed by atoms with Gasteiger partial charge in [-0.25, -0.2) is 4.79 Å². The van der Waals surface area contributed by atoms with Gasteiger partial charge in [0.2, 0.25) is 0 Å². The molecule has 1 aliphatic heterocycles. The van der Waals surface area contributed by atoms with Gasteiger partial charge in [-0.1, -0.05) is 60.7 Å². The Bertz CT molecular complexity index is 845. The summed E-state index contributed by atoms with van der Waals surface area (Å²) in [4.78, 5) is 41.1. The van der Waals surface area contributed by atoms with Gasteiger partial charge in [-0.2, -0.15) is 0 Å². The molecule has 1 aliphatic carbocycles. The van der Waals surface area contributed by atoms with Crippen LogP contribution in [0.2, 0.25) is 0 Å². The first-order valence-corrected chi connectivity index (χ1v) is 9.04. The van der Waals surface area contributed by atoms with Crippen LogP contribution < -0.4 is 0 Å². The predicted octanol–water partition coefficient (Wildman–Crippen LogP) is 2.79. The van der Waals surface area contributed by atoms with Crippen molar-refractivity contribution >= 4 is 17.7 Å². The minimum atomic E-state index is -1.23. The smallest absolute Gasteiger partial charge is 0.327 e. The van der Waals surface area contributed by atoms with E-state index < -0.39 is 23.6 Å². The number of likely N-dealkylation sites (N-methyl/N-ethyl adjacent to an activating group) is 1. The number of imide groups is 1. The van der Waals surface area contributed by atoms with Gasteiger partial charge >= 0.3 is 6.03 Å². The Morgan fingerprint density at radius 3 is 2.64 bits per heavy atom. The number of hydrogen-bond acceptors (Lipinski definition) is 4. The van der Waals surface area contributed by atoms with Crippen molar-refractivity contribution in [2.75, 3.05) is 20.2 Å². The zero-order valence-electron chi connectivity index (χ0n) is 16.0. The van der Waals surface area contributed by atoms with Crippen LogP contribution in [0.4, 0.5) is 4.79 Å². The molecule has 1 saturated heterocycles. The van der Waals surface area contributed by atoms with Crippen LogP contribution in [0.5, 0.6) is 0 Å². The van der Waals surface area contributed by atoms with E-state index >= 15 is 0 Å². The highest BCUT2D eigenvalue weighted by Crippen LogP contribution is 2.40. The molecule has 1 heterocycles. The van der Waals surface area contributed by atoms with E-state index in [0.29, 0.717) is 18.1 Å². The minimum Gasteiger partial charge on any atom is -0.369 e. The maximum Gasteiger partial charge on any atom is 0.327 e. The molecule has 6 nitrogen and oxygen atoms in total. The second-order valence-electron chi connectivity index (χ2n) is 6.84. The molecule has 1 aromatic rings. The fraction of sp³-hybridized carbons (Fsp3) is 0.273. The van der Waals surface area contributed by atoms with Crippen LogP contribution in [-0.2, 0) is 9.53 Å². The van der Waals surface area contributed by atoms with E-state index in [9.17, 15) is 14.4 Å². The van der Waals surface area contributed by atoms with E-state index in [0.717, 1.165) is 4.90 Å². The lowest BCUT2D eigenvalue weighted by Gasteiger charge is -2.38. The third kappa shape index (κ3) is 3.31. The van der Waals surface area contributed by atoms with Crippen molar-refractivity contribution in [3.63, 3.8) is 0 Å². The number of carbonyl (C=O) groups excluding carboxylic acids is 3. The summed E-state index contributed by atoms with van der Waals surface area (Å²) in [6.07, 6.45) is 8.42. The van der Waals surface area contributed by atoms with Gasteiger partial charge in [-0.3, -0.25) is 14.5 Å². The van der Waals surface area contributed by atoms with Crippen molar-refractivity contribution in [1.82, 2.24) is 9.80 Å². The number of hydrogen-bond donors (Lipinski definition) is 0. The van der Waals surface area contributed by atoms with Gasteiger partial charge < -0.3 is 9.64 Å². The number of ether oxygens (including phenoxy) is 1. The summed E-state index contributed by atoms with van der Waals surface area (Å²) in [5.41, 5.74) is -0.777. The highest BCUT2D eigenvalue weighted by Gasteiger charge is 2.58. The SMILES string of the molecule is C=CCOC1C=CC=C[C]1C1(C)C(=O)N(CC(=O)c2ccccc2)C(=O)N1C. The van der Waals surface area contributed by atoms with Crippen molar-refractivity contribution in [3.8, 4) is 0 Å². The van der Waals surface area contributed by atoms with E-state index in [2.05, 4.69) is 6.58 Å². The highest BCUT2D eigenvalue weighted by molar-refractivity contribution is 6.12. The van der Waals surface area contributed by atoms with E-state index in [1.165, 1.54) is 4.90 Å². The van der Waals surface area contributed by atoms with Gasteiger partial charge in [0.05, 0.1) is 25.2 Å².